The monoisotopic (exact) mass is 408 g/mol. The standard InChI is InChI=1S/C20H22ClFN2O2S/c1-4-14-7-5-6-8-18(14)23-19(25)12-24(3)20(26)13(2)27-15-9-10-17(22)16(21)11-15/h5-11,13H,4,12H2,1-3H3,(H,23,25). The molecular weight excluding hydrogens is 387 g/mol. The summed E-state index contributed by atoms with van der Waals surface area (Å²) in [6.07, 6.45) is 0.805. The maximum absolute atomic E-state index is 13.2. The number of hydrogen-bond acceptors (Lipinski definition) is 3. The van der Waals surface area contributed by atoms with E-state index < -0.39 is 11.1 Å². The molecule has 0 aliphatic heterocycles. The van der Waals surface area contributed by atoms with E-state index in [2.05, 4.69) is 5.32 Å². The number of carbonyl (C=O) groups is 2. The van der Waals surface area contributed by atoms with Gasteiger partial charge in [0.1, 0.15) is 5.82 Å². The number of nitrogens with one attached hydrogen (secondary N) is 1. The molecule has 7 heteroatoms. The van der Waals surface area contributed by atoms with Gasteiger partial charge in [0.2, 0.25) is 11.8 Å². The highest BCUT2D eigenvalue weighted by molar-refractivity contribution is 8.00. The predicted molar refractivity (Wildman–Crippen MR) is 109 cm³/mol. The second kappa shape index (κ2) is 9.76. The van der Waals surface area contributed by atoms with Crippen LogP contribution in [0.2, 0.25) is 5.02 Å². The van der Waals surface area contributed by atoms with E-state index in [0.29, 0.717) is 4.90 Å². The Balaban J connectivity index is 1.93. The van der Waals surface area contributed by atoms with Crippen molar-refractivity contribution in [1.29, 1.82) is 0 Å². The van der Waals surface area contributed by atoms with Crippen LogP contribution in [0.3, 0.4) is 0 Å². The van der Waals surface area contributed by atoms with Gasteiger partial charge in [-0.05, 0) is 43.2 Å². The smallest absolute Gasteiger partial charge is 0.243 e. The van der Waals surface area contributed by atoms with Gasteiger partial charge in [-0.1, -0.05) is 36.7 Å². The molecule has 0 saturated carbocycles. The Kier molecular flexibility index (Phi) is 7.68. The maximum atomic E-state index is 13.2. The van der Waals surface area contributed by atoms with Gasteiger partial charge in [-0.25, -0.2) is 4.39 Å². The molecule has 0 aliphatic carbocycles. The third kappa shape index (κ3) is 5.97. The minimum atomic E-state index is -0.499. The van der Waals surface area contributed by atoms with E-state index in [1.54, 1.807) is 20.0 Å². The van der Waals surface area contributed by atoms with Crippen molar-refractivity contribution in [2.24, 2.45) is 0 Å². The van der Waals surface area contributed by atoms with Crippen molar-refractivity contribution >= 4 is 40.9 Å². The molecule has 0 bridgehead atoms. The van der Waals surface area contributed by atoms with Crippen LogP contribution in [0.25, 0.3) is 0 Å². The molecule has 0 spiro atoms. The molecule has 1 unspecified atom stereocenters. The fraction of sp³-hybridized carbons (Fsp3) is 0.300. The molecule has 0 heterocycles. The first kappa shape index (κ1) is 21.3. The number of rotatable bonds is 7. The number of benzene rings is 2. The molecule has 2 aromatic rings. The third-order valence-electron chi connectivity index (χ3n) is 3.98. The van der Waals surface area contributed by atoms with Gasteiger partial charge >= 0.3 is 0 Å². The van der Waals surface area contributed by atoms with Gasteiger partial charge in [0.15, 0.2) is 0 Å². The van der Waals surface area contributed by atoms with Crippen LogP contribution in [-0.4, -0.2) is 35.6 Å². The number of nitrogens with zero attached hydrogens (tertiary/aromatic N) is 1. The van der Waals surface area contributed by atoms with Crippen molar-refractivity contribution in [1.82, 2.24) is 4.90 Å². The molecule has 2 rings (SSSR count). The molecule has 0 aliphatic rings. The Morgan fingerprint density at radius 3 is 2.63 bits per heavy atom. The van der Waals surface area contributed by atoms with E-state index in [1.807, 2.05) is 31.2 Å². The predicted octanol–water partition coefficient (Wildman–Crippen LogP) is 4.62. The Morgan fingerprint density at radius 1 is 1.26 bits per heavy atom. The van der Waals surface area contributed by atoms with Gasteiger partial charge in [0.25, 0.3) is 0 Å². The summed E-state index contributed by atoms with van der Waals surface area (Å²) in [6.45, 7) is 3.71. The van der Waals surface area contributed by atoms with Crippen molar-refractivity contribution < 1.29 is 14.0 Å². The number of thioether (sulfide) groups is 1. The highest BCUT2D eigenvalue weighted by Crippen LogP contribution is 2.28. The second-order valence-electron chi connectivity index (χ2n) is 6.09. The van der Waals surface area contributed by atoms with Crippen molar-refractivity contribution in [3.63, 3.8) is 0 Å². The van der Waals surface area contributed by atoms with E-state index in [0.717, 1.165) is 17.7 Å². The molecule has 0 fully saturated rings. The van der Waals surface area contributed by atoms with E-state index in [9.17, 15) is 14.0 Å². The van der Waals surface area contributed by atoms with Crippen LogP contribution in [0.4, 0.5) is 10.1 Å². The Hall–Kier alpha value is -2.05. The minimum Gasteiger partial charge on any atom is -0.335 e. The lowest BCUT2D eigenvalue weighted by Gasteiger charge is -2.21. The molecule has 2 aromatic carbocycles. The first-order chi connectivity index (χ1) is 12.8. The summed E-state index contributed by atoms with van der Waals surface area (Å²) in [5, 5.41) is 2.43. The van der Waals surface area contributed by atoms with Crippen molar-refractivity contribution in [2.45, 2.75) is 30.4 Å². The zero-order valence-electron chi connectivity index (χ0n) is 15.5. The van der Waals surface area contributed by atoms with Crippen molar-refractivity contribution in [2.75, 3.05) is 18.9 Å². The van der Waals surface area contributed by atoms with E-state index >= 15 is 0 Å². The zero-order valence-corrected chi connectivity index (χ0v) is 17.0. The molecular formula is C20H22ClFN2O2S. The van der Waals surface area contributed by atoms with Gasteiger partial charge < -0.3 is 10.2 Å². The van der Waals surface area contributed by atoms with Crippen LogP contribution in [0.1, 0.15) is 19.4 Å². The average Bonchev–Trinajstić information content (AvgIpc) is 2.64. The first-order valence-corrected chi connectivity index (χ1v) is 9.82. The number of anilines is 1. The first-order valence-electron chi connectivity index (χ1n) is 8.56. The van der Waals surface area contributed by atoms with E-state index in [-0.39, 0.29) is 23.4 Å². The third-order valence-corrected chi connectivity index (χ3v) is 5.35. The zero-order chi connectivity index (χ0) is 20.0. The number of aryl methyl sites for hydroxylation is 1. The lowest BCUT2D eigenvalue weighted by molar-refractivity contribution is -0.132. The normalized spacial score (nSPS) is 11.7. The summed E-state index contributed by atoms with van der Waals surface area (Å²) in [5.74, 6) is -0.950. The molecule has 4 nitrogen and oxygen atoms in total. The number of hydrogen-bond donors (Lipinski definition) is 1. The lowest BCUT2D eigenvalue weighted by Crippen LogP contribution is -2.39. The molecule has 27 heavy (non-hydrogen) atoms. The second-order valence-corrected chi connectivity index (χ2v) is 7.91. The SMILES string of the molecule is CCc1ccccc1NC(=O)CN(C)C(=O)C(C)Sc1ccc(F)c(Cl)c1. The Morgan fingerprint density at radius 2 is 1.96 bits per heavy atom. The molecule has 1 atom stereocenters. The molecule has 0 saturated heterocycles. The summed E-state index contributed by atoms with van der Waals surface area (Å²) in [6, 6.07) is 11.9. The largest absolute Gasteiger partial charge is 0.335 e. The summed E-state index contributed by atoms with van der Waals surface area (Å²) in [5.41, 5.74) is 1.80. The lowest BCUT2D eigenvalue weighted by atomic mass is 10.1. The highest BCUT2D eigenvalue weighted by Gasteiger charge is 2.21. The van der Waals surface area contributed by atoms with Gasteiger partial charge in [-0.15, -0.1) is 11.8 Å². The maximum Gasteiger partial charge on any atom is 0.243 e. The molecule has 2 amide bonds. The Labute approximate surface area is 168 Å². The fourth-order valence-corrected chi connectivity index (χ4v) is 3.82. The number of halogens is 2. The number of carbonyl (C=O) groups excluding carboxylic acids is 2. The summed E-state index contributed by atoms with van der Waals surface area (Å²) < 4.78 is 13.2. The minimum absolute atomic E-state index is 0.0157. The number of amides is 2. The summed E-state index contributed by atoms with van der Waals surface area (Å²) in [7, 11) is 1.59. The highest BCUT2D eigenvalue weighted by atomic mass is 35.5. The van der Waals surface area contributed by atoms with Crippen molar-refractivity contribution in [3.05, 3.63) is 58.9 Å². The average molecular weight is 409 g/mol. The van der Waals surface area contributed by atoms with Gasteiger partial charge in [-0.3, -0.25) is 9.59 Å². The topological polar surface area (TPSA) is 49.4 Å². The van der Waals surface area contributed by atoms with Crippen LogP contribution in [0, 0.1) is 5.82 Å². The molecule has 1 N–H and O–H groups in total. The number of likely N-dealkylation sites (N-methyl/N-ethyl adjacent to an activating group) is 1. The van der Waals surface area contributed by atoms with E-state index in [4.69, 9.17) is 11.6 Å². The van der Waals surface area contributed by atoms with Crippen LogP contribution in [0.5, 0.6) is 0 Å². The van der Waals surface area contributed by atoms with Gasteiger partial charge in [0, 0.05) is 17.6 Å². The van der Waals surface area contributed by atoms with Crippen LogP contribution < -0.4 is 5.32 Å². The Bertz CT molecular complexity index is 831. The van der Waals surface area contributed by atoms with Gasteiger partial charge in [0.05, 0.1) is 16.8 Å². The number of para-hydroxylation sites is 1. The van der Waals surface area contributed by atoms with Crippen LogP contribution >= 0.6 is 23.4 Å². The summed E-state index contributed by atoms with van der Waals surface area (Å²) in [4.78, 5) is 26.9. The van der Waals surface area contributed by atoms with Crippen molar-refractivity contribution in [3.8, 4) is 0 Å². The van der Waals surface area contributed by atoms with E-state index in [1.165, 1.54) is 28.8 Å². The fourth-order valence-electron chi connectivity index (χ4n) is 2.55. The van der Waals surface area contributed by atoms with Crippen LogP contribution in [0.15, 0.2) is 47.4 Å². The molecule has 0 aromatic heterocycles. The summed E-state index contributed by atoms with van der Waals surface area (Å²) >= 11 is 7.04. The molecule has 0 radical (unpaired) electrons. The van der Waals surface area contributed by atoms with Gasteiger partial charge in [-0.2, -0.15) is 0 Å². The molecule has 144 valence electrons. The quantitative estimate of drug-likeness (QED) is 0.680. The van der Waals surface area contributed by atoms with Crippen LogP contribution in [-0.2, 0) is 16.0 Å².